The van der Waals surface area contributed by atoms with Gasteiger partial charge in [-0.25, -0.2) is 0 Å². The fraction of sp³-hybridized carbons (Fsp3) is 0.636. The molecule has 0 spiro atoms. The van der Waals surface area contributed by atoms with E-state index in [4.69, 9.17) is 4.74 Å². The average Bonchev–Trinajstić information content (AvgIpc) is 2.73. The van der Waals surface area contributed by atoms with Crippen LogP contribution < -0.4 is 0 Å². The Hall–Kier alpha value is -1.37. The van der Waals surface area contributed by atoms with Crippen molar-refractivity contribution in [3.8, 4) is 0 Å². The molecule has 0 amide bonds. The maximum absolute atomic E-state index is 12.2. The number of ether oxygens (including phenoxy) is 1. The maximum Gasteiger partial charge on any atom is 0.454 e. The average molecular weight is 264 g/mol. The molecule has 0 saturated carbocycles. The predicted octanol–water partition coefficient (Wildman–Crippen LogP) is 2.44. The summed E-state index contributed by atoms with van der Waals surface area (Å²) in [7, 11) is 1.56. The maximum atomic E-state index is 12.2. The zero-order valence-corrected chi connectivity index (χ0v) is 10.4. The smallest absolute Gasteiger partial charge is 0.379 e. The number of methoxy groups -OCH3 is 1. The van der Waals surface area contributed by atoms with Crippen LogP contribution in [0.1, 0.15) is 30.6 Å². The standard InChI is InChI=1S/C11H15F3N2O2/c1-10(2,18-3)4-5-16-7-8(6-15-16)9(17)11(12,13)14/h6-7H,4-5H2,1-3H3. The van der Waals surface area contributed by atoms with Crippen LogP contribution >= 0.6 is 0 Å². The Bertz CT molecular complexity index is 424. The number of Topliss-reactive ketones (excluding diaryl/α,β-unsaturated/α-hetero) is 1. The van der Waals surface area contributed by atoms with Crippen molar-refractivity contribution >= 4 is 5.78 Å². The molecule has 0 aliphatic carbocycles. The highest BCUT2D eigenvalue weighted by Crippen LogP contribution is 2.21. The van der Waals surface area contributed by atoms with E-state index in [0.717, 1.165) is 12.4 Å². The minimum absolute atomic E-state index is 0.381. The van der Waals surface area contributed by atoms with Gasteiger partial charge in [0.25, 0.3) is 5.78 Å². The first-order valence-corrected chi connectivity index (χ1v) is 5.35. The van der Waals surface area contributed by atoms with Gasteiger partial charge < -0.3 is 4.74 Å². The van der Waals surface area contributed by atoms with Crippen molar-refractivity contribution in [2.75, 3.05) is 7.11 Å². The van der Waals surface area contributed by atoms with Gasteiger partial charge in [-0.2, -0.15) is 18.3 Å². The van der Waals surface area contributed by atoms with Crippen LogP contribution in [0.15, 0.2) is 12.4 Å². The molecule has 7 heteroatoms. The lowest BCUT2D eigenvalue weighted by molar-refractivity contribution is -0.0885. The van der Waals surface area contributed by atoms with Crippen molar-refractivity contribution in [1.82, 2.24) is 9.78 Å². The third kappa shape index (κ3) is 3.83. The van der Waals surface area contributed by atoms with E-state index in [2.05, 4.69) is 5.10 Å². The monoisotopic (exact) mass is 264 g/mol. The molecule has 0 atom stereocenters. The Labute approximate surface area is 103 Å². The van der Waals surface area contributed by atoms with E-state index in [9.17, 15) is 18.0 Å². The van der Waals surface area contributed by atoms with E-state index < -0.39 is 17.5 Å². The number of nitrogens with zero attached hydrogens (tertiary/aromatic N) is 2. The SMILES string of the molecule is COC(C)(C)CCn1cc(C(=O)C(F)(F)F)cn1. The Kier molecular flexibility index (Phi) is 4.16. The molecule has 0 N–H and O–H groups in total. The van der Waals surface area contributed by atoms with E-state index in [1.165, 1.54) is 4.68 Å². The summed E-state index contributed by atoms with van der Waals surface area (Å²) in [5, 5.41) is 3.73. The third-order valence-electron chi connectivity index (χ3n) is 2.65. The van der Waals surface area contributed by atoms with Crippen LogP contribution in [0.3, 0.4) is 0 Å². The van der Waals surface area contributed by atoms with Crippen molar-refractivity contribution in [2.45, 2.75) is 38.6 Å². The van der Waals surface area contributed by atoms with E-state index in [1.54, 1.807) is 7.11 Å². The molecular formula is C11H15F3N2O2. The van der Waals surface area contributed by atoms with Crippen LogP contribution in [0.5, 0.6) is 0 Å². The van der Waals surface area contributed by atoms with Crippen LogP contribution in [0.25, 0.3) is 0 Å². The highest BCUT2D eigenvalue weighted by molar-refractivity contribution is 5.99. The van der Waals surface area contributed by atoms with Crippen LogP contribution in [-0.2, 0) is 11.3 Å². The molecule has 0 unspecified atom stereocenters. The van der Waals surface area contributed by atoms with Crippen LogP contribution in [-0.4, -0.2) is 34.5 Å². The summed E-state index contributed by atoms with van der Waals surface area (Å²) in [4.78, 5) is 10.9. The summed E-state index contributed by atoms with van der Waals surface area (Å²) < 4.78 is 43.0. The number of alkyl halides is 3. The van der Waals surface area contributed by atoms with Crippen molar-refractivity contribution in [2.24, 2.45) is 0 Å². The second-order valence-electron chi connectivity index (χ2n) is 4.53. The molecule has 0 bridgehead atoms. The van der Waals surface area contributed by atoms with Gasteiger partial charge in [0.15, 0.2) is 0 Å². The summed E-state index contributed by atoms with van der Waals surface area (Å²) in [6.07, 6.45) is -2.26. The molecule has 0 aliphatic rings. The number of carbonyl (C=O) groups is 1. The van der Waals surface area contributed by atoms with Gasteiger partial charge in [0.2, 0.25) is 0 Å². The summed E-state index contributed by atoms with van der Waals surface area (Å²) in [6, 6.07) is 0. The molecule has 102 valence electrons. The van der Waals surface area contributed by atoms with E-state index >= 15 is 0 Å². The van der Waals surface area contributed by atoms with Gasteiger partial charge in [0.05, 0.1) is 17.4 Å². The van der Waals surface area contributed by atoms with Crippen LogP contribution in [0.2, 0.25) is 0 Å². The molecule has 1 aromatic heterocycles. The summed E-state index contributed by atoms with van der Waals surface area (Å²) >= 11 is 0. The summed E-state index contributed by atoms with van der Waals surface area (Å²) in [5.41, 5.74) is -0.835. The van der Waals surface area contributed by atoms with E-state index in [-0.39, 0.29) is 5.60 Å². The van der Waals surface area contributed by atoms with Gasteiger partial charge >= 0.3 is 6.18 Å². The minimum Gasteiger partial charge on any atom is -0.379 e. The predicted molar refractivity (Wildman–Crippen MR) is 58.3 cm³/mol. The van der Waals surface area contributed by atoms with Crippen molar-refractivity contribution < 1.29 is 22.7 Å². The summed E-state index contributed by atoms with van der Waals surface area (Å²) in [6.45, 7) is 4.10. The molecular weight excluding hydrogens is 249 g/mol. The first kappa shape index (κ1) is 14.7. The second kappa shape index (κ2) is 5.09. The molecule has 0 fully saturated rings. The minimum atomic E-state index is -4.86. The first-order valence-electron chi connectivity index (χ1n) is 5.35. The highest BCUT2D eigenvalue weighted by atomic mass is 19.4. The molecule has 0 aliphatic heterocycles. The molecule has 4 nitrogen and oxygen atoms in total. The normalized spacial score (nSPS) is 12.8. The zero-order valence-electron chi connectivity index (χ0n) is 10.4. The molecule has 0 radical (unpaired) electrons. The number of rotatable bonds is 5. The molecule has 0 saturated heterocycles. The number of carbonyl (C=O) groups excluding carboxylic acids is 1. The quantitative estimate of drug-likeness (QED) is 0.767. The largest absolute Gasteiger partial charge is 0.454 e. The van der Waals surface area contributed by atoms with Crippen molar-refractivity contribution in [3.05, 3.63) is 18.0 Å². The van der Waals surface area contributed by atoms with E-state index in [1.807, 2.05) is 13.8 Å². The number of halogens is 3. The lowest BCUT2D eigenvalue weighted by Crippen LogP contribution is -2.24. The van der Waals surface area contributed by atoms with Gasteiger partial charge in [-0.1, -0.05) is 0 Å². The van der Waals surface area contributed by atoms with Gasteiger partial charge in [-0.15, -0.1) is 0 Å². The zero-order chi connectivity index (χ0) is 14.0. The Morgan fingerprint density at radius 3 is 2.56 bits per heavy atom. The summed E-state index contributed by atoms with van der Waals surface area (Å²) in [5.74, 6) is -1.88. The van der Waals surface area contributed by atoms with Crippen molar-refractivity contribution in [3.63, 3.8) is 0 Å². The fourth-order valence-electron chi connectivity index (χ4n) is 1.25. The fourth-order valence-corrected chi connectivity index (χ4v) is 1.25. The van der Waals surface area contributed by atoms with Gasteiger partial charge in [0.1, 0.15) is 0 Å². The highest BCUT2D eigenvalue weighted by Gasteiger charge is 2.39. The first-order chi connectivity index (χ1) is 8.15. The lowest BCUT2D eigenvalue weighted by Gasteiger charge is -2.22. The number of ketones is 1. The lowest BCUT2D eigenvalue weighted by atomic mass is 10.1. The Balaban J connectivity index is 2.68. The topological polar surface area (TPSA) is 44.1 Å². The molecule has 1 aromatic rings. The number of aromatic nitrogens is 2. The van der Waals surface area contributed by atoms with Crippen molar-refractivity contribution in [1.29, 1.82) is 0 Å². The van der Waals surface area contributed by atoms with E-state index in [0.29, 0.717) is 13.0 Å². The molecule has 1 rings (SSSR count). The third-order valence-corrected chi connectivity index (χ3v) is 2.65. The van der Waals surface area contributed by atoms with Crippen LogP contribution in [0, 0.1) is 0 Å². The molecule has 1 heterocycles. The number of aryl methyl sites for hydroxylation is 1. The van der Waals surface area contributed by atoms with Gasteiger partial charge in [-0.05, 0) is 20.3 Å². The van der Waals surface area contributed by atoms with Gasteiger partial charge in [0, 0.05) is 19.9 Å². The Morgan fingerprint density at radius 2 is 2.06 bits per heavy atom. The second-order valence-corrected chi connectivity index (χ2v) is 4.53. The molecule has 0 aromatic carbocycles. The van der Waals surface area contributed by atoms with Gasteiger partial charge in [-0.3, -0.25) is 9.48 Å². The number of hydrogen-bond donors (Lipinski definition) is 0. The molecule has 18 heavy (non-hydrogen) atoms. The Morgan fingerprint density at radius 1 is 1.44 bits per heavy atom. The number of hydrogen-bond acceptors (Lipinski definition) is 3. The van der Waals surface area contributed by atoms with Crippen LogP contribution in [0.4, 0.5) is 13.2 Å².